The molecule has 0 spiro atoms. The number of terminal acetylenes is 1. The van der Waals surface area contributed by atoms with E-state index in [4.69, 9.17) is 11.2 Å². The quantitative estimate of drug-likeness (QED) is 0.106. The molecule has 14 heteroatoms. The predicted molar refractivity (Wildman–Crippen MR) is 203 cm³/mol. The minimum absolute atomic E-state index is 0.00368. The second-order valence-corrected chi connectivity index (χ2v) is 14.1. The van der Waals surface area contributed by atoms with Crippen LogP contribution in [0.2, 0.25) is 0 Å². The van der Waals surface area contributed by atoms with E-state index in [-0.39, 0.29) is 35.4 Å². The summed E-state index contributed by atoms with van der Waals surface area (Å²) in [6.07, 6.45) is 11.5. The molecule has 10 nitrogen and oxygen atoms in total. The van der Waals surface area contributed by atoms with E-state index in [1.807, 2.05) is 0 Å². The number of benzene rings is 2. The van der Waals surface area contributed by atoms with Crippen molar-refractivity contribution in [1.29, 1.82) is 0 Å². The van der Waals surface area contributed by atoms with Gasteiger partial charge >= 0.3 is 6.01 Å². The van der Waals surface area contributed by atoms with Crippen molar-refractivity contribution < 1.29 is 27.1 Å². The fourth-order valence-corrected chi connectivity index (χ4v) is 7.87. The topological polar surface area (TPSA) is 100 Å². The molecule has 0 bridgehead atoms. The predicted octanol–water partition coefficient (Wildman–Crippen LogP) is 6.76. The van der Waals surface area contributed by atoms with Crippen molar-refractivity contribution in [3.63, 3.8) is 0 Å². The number of halogens is 4. The van der Waals surface area contributed by atoms with Crippen molar-refractivity contribution in [2.75, 3.05) is 45.2 Å². The summed E-state index contributed by atoms with van der Waals surface area (Å²) < 4.78 is 64.0. The van der Waals surface area contributed by atoms with Gasteiger partial charge in [-0.25, -0.2) is 27.5 Å². The minimum atomic E-state index is -0.935. The third-order valence-electron chi connectivity index (χ3n) is 10.5. The molecule has 5 aromatic rings. The van der Waals surface area contributed by atoms with E-state index in [0.717, 1.165) is 19.0 Å². The van der Waals surface area contributed by atoms with Crippen molar-refractivity contribution in [3.8, 4) is 29.6 Å². The number of fused-ring (bicyclic) bond motifs is 3. The van der Waals surface area contributed by atoms with Crippen LogP contribution >= 0.6 is 0 Å². The standard InChI is InChI=1S/C34H28F3N7O2.C7H12FN/c1-6-23-26(35)11-10-20-8-7-9-24(28(20)23)30-29(37)31-25(16-38-30)32(42-34(41-31)46-5)43(4)22-12-13-44(17-22)33(45)27(36)15-21-14-18(2)39-19(3)40-21;8-6-4-7-2-1-3-9(7)5-6/h1,7-11,14-16,22H,12-13,17H2,2-5H3;6-7H,1-5H2/b27-15-;. The number of amides is 1. The number of alkyl halides is 1. The van der Waals surface area contributed by atoms with Crippen LogP contribution in [0.25, 0.3) is 39.0 Å². The Morgan fingerprint density at radius 1 is 1.07 bits per heavy atom. The van der Waals surface area contributed by atoms with Gasteiger partial charge in [-0.3, -0.25) is 14.7 Å². The van der Waals surface area contributed by atoms with Crippen molar-refractivity contribution in [1.82, 2.24) is 34.7 Å². The van der Waals surface area contributed by atoms with E-state index >= 15 is 8.78 Å². The lowest BCUT2D eigenvalue weighted by Crippen LogP contribution is -2.37. The van der Waals surface area contributed by atoms with Crippen molar-refractivity contribution in [3.05, 3.63) is 82.8 Å². The van der Waals surface area contributed by atoms with E-state index in [1.165, 1.54) is 37.1 Å². The first-order chi connectivity index (χ1) is 26.4. The summed E-state index contributed by atoms with van der Waals surface area (Å²) in [6, 6.07) is 9.76. The lowest BCUT2D eigenvalue weighted by atomic mass is 9.96. The maximum Gasteiger partial charge on any atom is 0.318 e. The third kappa shape index (κ3) is 7.53. The van der Waals surface area contributed by atoms with Crippen LogP contribution in [0.4, 0.5) is 23.4 Å². The van der Waals surface area contributed by atoms with Gasteiger partial charge in [0.05, 0.1) is 23.8 Å². The van der Waals surface area contributed by atoms with Crippen LogP contribution in [-0.2, 0) is 4.79 Å². The van der Waals surface area contributed by atoms with E-state index in [1.54, 1.807) is 56.1 Å². The highest BCUT2D eigenvalue weighted by atomic mass is 19.1. The molecule has 0 N–H and O–H groups in total. The second-order valence-electron chi connectivity index (χ2n) is 14.1. The van der Waals surface area contributed by atoms with Crippen molar-refractivity contribution >= 4 is 39.5 Å². The summed E-state index contributed by atoms with van der Waals surface area (Å²) in [5.41, 5.74) is 1.15. The molecule has 6 heterocycles. The minimum Gasteiger partial charge on any atom is -0.467 e. The zero-order chi connectivity index (χ0) is 39.0. The van der Waals surface area contributed by atoms with Crippen LogP contribution in [0.1, 0.15) is 48.5 Å². The summed E-state index contributed by atoms with van der Waals surface area (Å²) in [5.74, 6) is 0.104. The molecule has 3 atom stereocenters. The fourth-order valence-electron chi connectivity index (χ4n) is 7.87. The smallest absolute Gasteiger partial charge is 0.318 e. The maximum absolute atomic E-state index is 16.4. The Bertz CT molecular complexity index is 2330. The Balaban J connectivity index is 0.000000449. The number of anilines is 1. The molecular weight excluding hydrogens is 712 g/mol. The van der Waals surface area contributed by atoms with Crippen molar-refractivity contribution in [2.24, 2.45) is 0 Å². The number of likely N-dealkylation sites (tertiary alicyclic amines) is 1. The summed E-state index contributed by atoms with van der Waals surface area (Å²) in [7, 11) is 3.11. The molecular formula is C41H40F4N8O2. The number of hydrogen-bond donors (Lipinski definition) is 0. The third-order valence-corrected chi connectivity index (χ3v) is 10.5. The summed E-state index contributed by atoms with van der Waals surface area (Å²) in [4.78, 5) is 40.0. The summed E-state index contributed by atoms with van der Waals surface area (Å²) in [6.45, 7) is 5.80. The molecule has 0 aliphatic carbocycles. The highest BCUT2D eigenvalue weighted by Gasteiger charge is 2.35. The van der Waals surface area contributed by atoms with Crippen LogP contribution in [0, 0.1) is 37.8 Å². The highest BCUT2D eigenvalue weighted by Crippen LogP contribution is 2.37. The van der Waals surface area contributed by atoms with Gasteiger partial charge in [0.15, 0.2) is 11.6 Å². The normalized spacial score (nSPS) is 19.7. The first-order valence-electron chi connectivity index (χ1n) is 18.1. The molecule has 8 rings (SSSR count). The first kappa shape index (κ1) is 37.6. The molecule has 1 amide bonds. The largest absolute Gasteiger partial charge is 0.467 e. The lowest BCUT2D eigenvalue weighted by Gasteiger charge is -2.27. The van der Waals surface area contributed by atoms with Gasteiger partial charge in [-0.2, -0.15) is 9.97 Å². The second kappa shape index (κ2) is 15.6. The van der Waals surface area contributed by atoms with Crippen LogP contribution < -0.4 is 9.64 Å². The molecule has 284 valence electrons. The number of pyridine rings is 1. The lowest BCUT2D eigenvalue weighted by molar-refractivity contribution is -0.127. The fraction of sp³-hybridized carbons (Fsp3) is 0.366. The molecule has 0 saturated carbocycles. The molecule has 0 radical (unpaired) electrons. The molecule has 55 heavy (non-hydrogen) atoms. The summed E-state index contributed by atoms with van der Waals surface area (Å²) in [5, 5.41) is 1.28. The Kier molecular flexibility index (Phi) is 10.7. The van der Waals surface area contributed by atoms with E-state index < -0.39 is 29.5 Å². The zero-order valence-corrected chi connectivity index (χ0v) is 31.0. The maximum atomic E-state index is 16.4. The van der Waals surface area contributed by atoms with Gasteiger partial charge in [0.1, 0.15) is 34.8 Å². The van der Waals surface area contributed by atoms with Crippen LogP contribution in [-0.4, -0.2) is 99.2 Å². The molecule has 3 fully saturated rings. The molecule has 3 aromatic heterocycles. The molecule has 3 aliphatic rings. The first-order valence-corrected chi connectivity index (χ1v) is 18.1. The Labute approximate surface area is 316 Å². The monoisotopic (exact) mass is 752 g/mol. The molecule has 3 unspecified atom stereocenters. The zero-order valence-electron chi connectivity index (χ0n) is 31.0. The Morgan fingerprint density at radius 2 is 1.89 bits per heavy atom. The molecule has 3 saturated heterocycles. The summed E-state index contributed by atoms with van der Waals surface area (Å²) >= 11 is 0. The number of nitrogens with zero attached hydrogens (tertiary/aromatic N) is 8. The number of rotatable bonds is 6. The van der Waals surface area contributed by atoms with E-state index in [0.29, 0.717) is 70.3 Å². The number of methoxy groups -OCH3 is 1. The van der Waals surface area contributed by atoms with Gasteiger partial charge in [-0.1, -0.05) is 30.2 Å². The van der Waals surface area contributed by atoms with E-state index in [2.05, 4.69) is 35.7 Å². The van der Waals surface area contributed by atoms with Crippen molar-refractivity contribution in [2.45, 2.75) is 57.8 Å². The van der Waals surface area contributed by atoms with Gasteiger partial charge in [-0.15, -0.1) is 6.42 Å². The number of aryl methyl sites for hydroxylation is 2. The van der Waals surface area contributed by atoms with Crippen LogP contribution in [0.5, 0.6) is 6.01 Å². The number of aromatic nitrogens is 5. The Morgan fingerprint density at radius 3 is 2.64 bits per heavy atom. The van der Waals surface area contributed by atoms with E-state index in [9.17, 15) is 13.6 Å². The average molecular weight is 753 g/mol. The van der Waals surface area contributed by atoms with Gasteiger partial charge in [-0.05, 0) is 63.6 Å². The highest BCUT2D eigenvalue weighted by molar-refractivity contribution is 6.02. The van der Waals surface area contributed by atoms with Crippen LogP contribution in [0.3, 0.4) is 0 Å². The number of carbonyl (C=O) groups excluding carboxylic acids is 1. The number of likely N-dealkylation sites (N-methyl/N-ethyl adjacent to an activating group) is 1. The molecule has 3 aliphatic heterocycles. The average Bonchev–Trinajstić information content (AvgIpc) is 3.91. The molecule has 2 aromatic carbocycles. The number of hydrogen-bond acceptors (Lipinski definition) is 9. The number of carbonyl (C=O) groups is 1. The number of ether oxygens (including phenoxy) is 1. The van der Waals surface area contributed by atoms with Gasteiger partial charge in [0, 0.05) is 67.7 Å². The van der Waals surface area contributed by atoms with Gasteiger partial charge in [0.25, 0.3) is 5.91 Å². The SMILES string of the molecule is C#Cc1c(F)ccc2cccc(-c3ncc4c(N(C)C5CCN(C(=O)/C(F)=C/c6cc(C)nc(C)n6)C5)nc(OC)nc4c3F)c12.FC1CC2CCCN2C1. The van der Waals surface area contributed by atoms with Gasteiger partial charge < -0.3 is 14.5 Å². The van der Waals surface area contributed by atoms with Gasteiger partial charge in [0.2, 0.25) is 0 Å². The van der Waals surface area contributed by atoms with Crippen LogP contribution in [0.15, 0.2) is 48.4 Å². The Hall–Kier alpha value is -5.68.